The van der Waals surface area contributed by atoms with E-state index in [0.29, 0.717) is 77.6 Å². The zero-order valence-corrected chi connectivity index (χ0v) is 28.8. The number of aromatic nitrogens is 7. The van der Waals surface area contributed by atoms with Crippen molar-refractivity contribution in [3.05, 3.63) is 119 Å². The summed E-state index contributed by atoms with van der Waals surface area (Å²) in [5.74, 6) is 0.535. The summed E-state index contributed by atoms with van der Waals surface area (Å²) < 4.78 is 78.2. The number of hydrogen-bond acceptors (Lipinski definition) is 10. The molecule has 53 heavy (non-hydrogen) atoms. The van der Waals surface area contributed by atoms with Crippen LogP contribution in [0.5, 0.6) is 0 Å². The molecule has 5 aromatic heterocycles. The highest BCUT2D eigenvalue weighted by atomic mass is 32.1. The van der Waals surface area contributed by atoms with Crippen LogP contribution in [0, 0.1) is 5.92 Å². The van der Waals surface area contributed by atoms with Crippen molar-refractivity contribution in [1.82, 2.24) is 35.3 Å². The third-order valence-electron chi connectivity index (χ3n) is 8.42. The first-order valence-corrected chi connectivity index (χ1v) is 17.6. The van der Waals surface area contributed by atoms with Crippen molar-refractivity contribution in [3.63, 3.8) is 0 Å². The van der Waals surface area contributed by atoms with Gasteiger partial charge in [0.2, 0.25) is 0 Å². The lowest BCUT2D eigenvalue weighted by molar-refractivity contribution is -0.138. The number of alkyl halides is 6. The van der Waals surface area contributed by atoms with E-state index in [-0.39, 0.29) is 5.92 Å². The molecule has 0 saturated heterocycles. The van der Waals surface area contributed by atoms with Gasteiger partial charge >= 0.3 is 12.4 Å². The summed E-state index contributed by atoms with van der Waals surface area (Å²) >= 11 is 2.59. The maximum atomic E-state index is 13.0. The van der Waals surface area contributed by atoms with Gasteiger partial charge in [0.25, 0.3) is 0 Å². The van der Waals surface area contributed by atoms with Crippen LogP contribution >= 0.6 is 22.7 Å². The fraction of sp³-hybridized carbons (Fsp3) is 0.135. The van der Waals surface area contributed by atoms with Crippen molar-refractivity contribution >= 4 is 34.2 Å². The molecule has 0 aliphatic carbocycles. The molecule has 7 aromatic rings. The van der Waals surface area contributed by atoms with Crippen LogP contribution in [-0.4, -0.2) is 41.1 Å². The van der Waals surface area contributed by atoms with Crippen LogP contribution in [0.4, 0.5) is 32.2 Å². The molecule has 0 saturated carbocycles. The van der Waals surface area contributed by atoms with Crippen molar-refractivity contribution in [2.45, 2.75) is 25.7 Å². The molecule has 0 amide bonds. The van der Waals surface area contributed by atoms with E-state index in [1.807, 2.05) is 19.1 Å². The van der Waals surface area contributed by atoms with Crippen molar-refractivity contribution in [2.24, 2.45) is 10.9 Å². The van der Waals surface area contributed by atoms with Crippen molar-refractivity contribution in [3.8, 4) is 54.6 Å². The minimum Gasteiger partial charge on any atom is -0.245 e. The predicted octanol–water partition coefficient (Wildman–Crippen LogP) is 10.3. The molecule has 1 unspecified atom stereocenters. The van der Waals surface area contributed by atoms with Gasteiger partial charge in [-0.15, -0.1) is 20.4 Å². The van der Waals surface area contributed by atoms with Gasteiger partial charge in [0.1, 0.15) is 17.1 Å². The molecule has 6 heterocycles. The summed E-state index contributed by atoms with van der Waals surface area (Å²) in [6.07, 6.45) is -8.18. The first-order chi connectivity index (χ1) is 25.4. The van der Waals surface area contributed by atoms with E-state index < -0.39 is 23.5 Å². The van der Waals surface area contributed by atoms with Crippen LogP contribution in [0.2, 0.25) is 0 Å². The minimum atomic E-state index is -4.43. The smallest absolute Gasteiger partial charge is 0.245 e. The summed E-state index contributed by atoms with van der Waals surface area (Å²) in [4.78, 5) is 19.0. The quantitative estimate of drug-likeness (QED) is 0.156. The maximum absolute atomic E-state index is 13.0. The second-order valence-corrected chi connectivity index (χ2v) is 14.0. The molecule has 0 radical (unpaired) electrons. The van der Waals surface area contributed by atoms with Crippen LogP contribution in [-0.2, 0) is 18.8 Å². The minimum absolute atomic E-state index is 0.0125. The number of nitrogens with zero attached hydrogens (tertiary/aromatic N) is 8. The normalized spacial score (nSPS) is 14.5. The Labute approximate surface area is 305 Å². The number of rotatable bonds is 6. The number of aliphatic imine (C=N–C) groups is 1. The molecular weight excluding hydrogens is 735 g/mol. The van der Waals surface area contributed by atoms with E-state index in [9.17, 15) is 26.3 Å². The van der Waals surface area contributed by atoms with E-state index in [1.165, 1.54) is 46.9 Å². The molecule has 264 valence electrons. The topological polar surface area (TPSA) is 103 Å². The molecule has 8 rings (SSSR count). The molecule has 1 atom stereocenters. The van der Waals surface area contributed by atoms with E-state index in [4.69, 9.17) is 9.98 Å². The van der Waals surface area contributed by atoms with Gasteiger partial charge in [-0.25, -0.2) is 19.9 Å². The molecule has 0 spiro atoms. The first-order valence-electron chi connectivity index (χ1n) is 16.0. The van der Waals surface area contributed by atoms with Gasteiger partial charge in [-0.2, -0.15) is 26.3 Å². The van der Waals surface area contributed by atoms with Gasteiger partial charge in [0.05, 0.1) is 28.2 Å². The van der Waals surface area contributed by atoms with E-state index >= 15 is 0 Å². The molecule has 1 aliphatic heterocycles. The van der Waals surface area contributed by atoms with Gasteiger partial charge in [-0.3, -0.25) is 0 Å². The number of halogens is 6. The highest BCUT2D eigenvalue weighted by molar-refractivity contribution is 7.17. The second kappa shape index (κ2) is 13.3. The predicted molar refractivity (Wildman–Crippen MR) is 189 cm³/mol. The number of hydrogen-bond donors (Lipinski definition) is 0. The summed E-state index contributed by atoms with van der Waals surface area (Å²) in [7, 11) is 0. The highest BCUT2D eigenvalue weighted by Gasteiger charge is 2.31. The average molecular weight is 757 g/mol. The summed E-state index contributed by atoms with van der Waals surface area (Å²) in [6.45, 7) is 2.04. The van der Waals surface area contributed by atoms with Gasteiger partial charge < -0.3 is 0 Å². The molecule has 0 bridgehead atoms. The third-order valence-corrected chi connectivity index (χ3v) is 10.4. The lowest BCUT2D eigenvalue weighted by Gasteiger charge is -2.19. The number of benzene rings is 2. The standard InChI is InChI=1S/C37H22F6N8S2/c1-19-18-22-12-17-29(34-49-48-32(52-34)27-6-2-4-25(44-27)20-8-13-23(14-9-20)36(38,39)40)46-31(22)47-30(19)35-51-50-33(53-35)28-7-3-5-26(45-28)21-10-15-24(16-11-21)37(41,42)43/h2-17,19H,18H2,1H3. The van der Waals surface area contributed by atoms with E-state index in [1.54, 1.807) is 36.4 Å². The Morgan fingerprint density at radius 1 is 0.509 bits per heavy atom. The Kier molecular flexibility index (Phi) is 8.65. The van der Waals surface area contributed by atoms with Crippen LogP contribution < -0.4 is 0 Å². The fourth-order valence-electron chi connectivity index (χ4n) is 5.71. The monoisotopic (exact) mass is 756 g/mol. The average Bonchev–Trinajstić information content (AvgIpc) is 3.86. The molecule has 1 aliphatic rings. The zero-order valence-electron chi connectivity index (χ0n) is 27.2. The van der Waals surface area contributed by atoms with Crippen LogP contribution in [0.1, 0.15) is 28.6 Å². The molecular formula is C37H22F6N8S2. The number of pyridine rings is 3. The van der Waals surface area contributed by atoms with Gasteiger partial charge in [-0.05, 0) is 66.6 Å². The Morgan fingerprint density at radius 3 is 1.43 bits per heavy atom. The van der Waals surface area contributed by atoms with Crippen LogP contribution in [0.3, 0.4) is 0 Å². The fourth-order valence-corrected chi connectivity index (χ4v) is 7.41. The lowest BCUT2D eigenvalue weighted by Crippen LogP contribution is -2.19. The van der Waals surface area contributed by atoms with Crippen LogP contribution in [0.15, 0.2) is 102 Å². The van der Waals surface area contributed by atoms with Crippen molar-refractivity contribution in [2.75, 3.05) is 0 Å². The Hall–Kier alpha value is -5.74. The Morgan fingerprint density at radius 2 is 0.943 bits per heavy atom. The molecule has 0 N–H and O–H groups in total. The first kappa shape index (κ1) is 34.4. The van der Waals surface area contributed by atoms with Gasteiger partial charge in [-0.1, -0.05) is 72.1 Å². The Bertz CT molecular complexity index is 2490. The lowest BCUT2D eigenvalue weighted by atomic mass is 9.94. The van der Waals surface area contributed by atoms with E-state index in [0.717, 1.165) is 29.8 Å². The van der Waals surface area contributed by atoms with E-state index in [2.05, 4.69) is 30.4 Å². The molecule has 16 heteroatoms. The molecule has 8 nitrogen and oxygen atoms in total. The largest absolute Gasteiger partial charge is 0.416 e. The van der Waals surface area contributed by atoms with Crippen molar-refractivity contribution < 1.29 is 26.3 Å². The number of fused-ring (bicyclic) bond motifs is 1. The van der Waals surface area contributed by atoms with Gasteiger partial charge in [0.15, 0.2) is 25.8 Å². The van der Waals surface area contributed by atoms with Crippen molar-refractivity contribution in [1.29, 1.82) is 0 Å². The summed E-state index contributed by atoms with van der Waals surface area (Å²) in [5.41, 5.74) is 3.89. The van der Waals surface area contributed by atoms with Crippen LogP contribution in [0.25, 0.3) is 54.6 Å². The summed E-state index contributed by atoms with van der Waals surface area (Å²) in [5, 5.41) is 19.6. The maximum Gasteiger partial charge on any atom is 0.416 e. The highest BCUT2D eigenvalue weighted by Crippen LogP contribution is 2.37. The second-order valence-electron chi connectivity index (χ2n) is 12.1. The zero-order chi connectivity index (χ0) is 36.9. The molecule has 0 fully saturated rings. The Balaban J connectivity index is 1.03. The van der Waals surface area contributed by atoms with Gasteiger partial charge in [0, 0.05) is 17.0 Å². The SMILES string of the molecule is CC1Cc2ccc(-c3nnc(-c4cccc(-c5ccc(C(F)(F)F)cc5)n4)s3)nc2N=C1c1nnc(-c2cccc(-c3ccc(C(F)(F)F)cc3)n2)s1. The molecule has 2 aromatic carbocycles. The summed E-state index contributed by atoms with van der Waals surface area (Å²) in [6, 6.07) is 24.0. The third kappa shape index (κ3) is 7.06.